The van der Waals surface area contributed by atoms with Gasteiger partial charge >= 0.3 is 0 Å². The van der Waals surface area contributed by atoms with E-state index < -0.39 is 0 Å². The molecule has 0 aromatic carbocycles. The van der Waals surface area contributed by atoms with Crippen LogP contribution in [0.4, 0.5) is 11.5 Å². The molecule has 0 unspecified atom stereocenters. The standard InChI is InChI=1S/C8H13N3.ClH/c1-6(2)11-8-4-3-7(9)5-10-8;/h3-6H,9H2,1-2H3,(H,10,11);1H. The first kappa shape index (κ1) is 11.0. The molecule has 0 aliphatic carbocycles. The molecule has 0 saturated heterocycles. The maximum absolute atomic E-state index is 5.47. The topological polar surface area (TPSA) is 50.9 Å². The van der Waals surface area contributed by atoms with Crippen molar-refractivity contribution < 1.29 is 0 Å². The largest absolute Gasteiger partial charge is 0.397 e. The number of rotatable bonds is 2. The Balaban J connectivity index is 0.00000121. The zero-order chi connectivity index (χ0) is 8.27. The van der Waals surface area contributed by atoms with Crippen LogP contribution in [0.1, 0.15) is 13.8 Å². The lowest BCUT2D eigenvalue weighted by Gasteiger charge is -2.07. The molecule has 3 nitrogen and oxygen atoms in total. The third kappa shape index (κ3) is 3.44. The first-order valence-corrected chi connectivity index (χ1v) is 3.66. The number of hydrogen-bond donors (Lipinski definition) is 2. The Labute approximate surface area is 78.8 Å². The van der Waals surface area contributed by atoms with E-state index in [-0.39, 0.29) is 12.4 Å². The lowest BCUT2D eigenvalue weighted by atomic mass is 10.3. The Morgan fingerprint density at radius 1 is 1.42 bits per heavy atom. The summed E-state index contributed by atoms with van der Waals surface area (Å²) in [6.07, 6.45) is 1.64. The van der Waals surface area contributed by atoms with E-state index in [0.717, 1.165) is 5.82 Å². The van der Waals surface area contributed by atoms with Crippen LogP contribution in [0.3, 0.4) is 0 Å². The molecule has 0 aliphatic rings. The van der Waals surface area contributed by atoms with Crippen LogP contribution < -0.4 is 11.1 Å². The van der Waals surface area contributed by atoms with Gasteiger partial charge in [0.05, 0.1) is 11.9 Å². The minimum absolute atomic E-state index is 0. The molecule has 1 rings (SSSR count). The van der Waals surface area contributed by atoms with E-state index >= 15 is 0 Å². The van der Waals surface area contributed by atoms with Gasteiger partial charge in [0.15, 0.2) is 0 Å². The molecule has 68 valence electrons. The molecular formula is C8H14ClN3. The van der Waals surface area contributed by atoms with Gasteiger partial charge in [0.1, 0.15) is 5.82 Å². The average molecular weight is 188 g/mol. The summed E-state index contributed by atoms with van der Waals surface area (Å²) < 4.78 is 0. The first-order chi connectivity index (χ1) is 5.18. The van der Waals surface area contributed by atoms with Gasteiger partial charge in [-0.25, -0.2) is 4.98 Å². The molecule has 4 heteroatoms. The second kappa shape index (κ2) is 4.83. The molecule has 0 radical (unpaired) electrons. The Morgan fingerprint density at radius 3 is 2.50 bits per heavy atom. The second-order valence-electron chi connectivity index (χ2n) is 2.78. The molecule has 1 heterocycles. The fraction of sp³-hybridized carbons (Fsp3) is 0.375. The van der Waals surface area contributed by atoms with Crippen LogP contribution in [0, 0.1) is 0 Å². The number of nitrogens with one attached hydrogen (secondary N) is 1. The van der Waals surface area contributed by atoms with Crippen molar-refractivity contribution in [3.8, 4) is 0 Å². The monoisotopic (exact) mass is 187 g/mol. The highest BCUT2D eigenvalue weighted by molar-refractivity contribution is 5.85. The fourth-order valence-electron chi connectivity index (χ4n) is 0.786. The number of hydrogen-bond acceptors (Lipinski definition) is 3. The molecule has 0 saturated carbocycles. The fourth-order valence-corrected chi connectivity index (χ4v) is 0.786. The van der Waals surface area contributed by atoms with E-state index in [9.17, 15) is 0 Å². The van der Waals surface area contributed by atoms with Crippen LogP contribution in [0.2, 0.25) is 0 Å². The predicted octanol–water partition coefficient (Wildman–Crippen LogP) is 1.91. The number of nitrogens with two attached hydrogens (primary N) is 1. The minimum Gasteiger partial charge on any atom is -0.397 e. The lowest BCUT2D eigenvalue weighted by molar-refractivity contribution is 0.889. The number of halogens is 1. The zero-order valence-electron chi connectivity index (χ0n) is 7.24. The summed E-state index contributed by atoms with van der Waals surface area (Å²) in [5.74, 6) is 0.870. The molecule has 1 aromatic rings. The van der Waals surface area contributed by atoms with Gasteiger partial charge in [-0.1, -0.05) is 0 Å². The summed E-state index contributed by atoms with van der Waals surface area (Å²) in [4.78, 5) is 4.08. The average Bonchev–Trinajstić information content (AvgIpc) is 1.93. The molecule has 1 aromatic heterocycles. The maximum Gasteiger partial charge on any atom is 0.126 e. The van der Waals surface area contributed by atoms with Gasteiger partial charge in [-0.15, -0.1) is 12.4 Å². The highest BCUT2D eigenvalue weighted by atomic mass is 35.5. The molecule has 0 aliphatic heterocycles. The van der Waals surface area contributed by atoms with Crippen LogP contribution in [0.25, 0.3) is 0 Å². The Kier molecular flexibility index (Phi) is 4.44. The molecule has 0 bridgehead atoms. The third-order valence-corrected chi connectivity index (χ3v) is 1.22. The van der Waals surface area contributed by atoms with Crippen molar-refractivity contribution in [2.75, 3.05) is 11.1 Å². The lowest BCUT2D eigenvalue weighted by Crippen LogP contribution is -2.10. The summed E-state index contributed by atoms with van der Waals surface area (Å²) in [6.45, 7) is 4.13. The third-order valence-electron chi connectivity index (χ3n) is 1.22. The molecule has 0 spiro atoms. The van der Waals surface area contributed by atoms with Crippen LogP contribution in [-0.4, -0.2) is 11.0 Å². The van der Waals surface area contributed by atoms with Gasteiger partial charge in [-0.3, -0.25) is 0 Å². The van der Waals surface area contributed by atoms with Crippen molar-refractivity contribution in [3.05, 3.63) is 18.3 Å². The van der Waals surface area contributed by atoms with Crippen molar-refractivity contribution in [1.82, 2.24) is 4.98 Å². The van der Waals surface area contributed by atoms with E-state index in [4.69, 9.17) is 5.73 Å². The van der Waals surface area contributed by atoms with Crippen LogP contribution in [0.15, 0.2) is 18.3 Å². The second-order valence-corrected chi connectivity index (χ2v) is 2.78. The first-order valence-electron chi connectivity index (χ1n) is 3.66. The van der Waals surface area contributed by atoms with Gasteiger partial charge in [0, 0.05) is 6.04 Å². The summed E-state index contributed by atoms with van der Waals surface area (Å²) in [5.41, 5.74) is 6.16. The highest BCUT2D eigenvalue weighted by Gasteiger charge is 1.94. The van der Waals surface area contributed by atoms with Gasteiger partial charge in [0.2, 0.25) is 0 Å². The van der Waals surface area contributed by atoms with E-state index in [1.54, 1.807) is 6.20 Å². The number of aromatic nitrogens is 1. The molecule has 0 fully saturated rings. The highest BCUT2D eigenvalue weighted by Crippen LogP contribution is 2.06. The van der Waals surface area contributed by atoms with E-state index in [0.29, 0.717) is 11.7 Å². The molecule has 0 atom stereocenters. The van der Waals surface area contributed by atoms with Crippen LogP contribution in [0.5, 0.6) is 0 Å². The number of nitrogens with zero attached hydrogens (tertiary/aromatic N) is 1. The number of anilines is 2. The van der Waals surface area contributed by atoms with Gasteiger partial charge in [0.25, 0.3) is 0 Å². The Morgan fingerprint density at radius 2 is 2.08 bits per heavy atom. The number of nitrogen functional groups attached to an aromatic ring is 1. The minimum atomic E-state index is 0. The van der Waals surface area contributed by atoms with Crippen LogP contribution >= 0.6 is 12.4 Å². The summed E-state index contributed by atoms with van der Waals surface area (Å²) >= 11 is 0. The summed E-state index contributed by atoms with van der Waals surface area (Å²) in [7, 11) is 0. The maximum atomic E-state index is 5.47. The van der Waals surface area contributed by atoms with Gasteiger partial charge < -0.3 is 11.1 Å². The van der Waals surface area contributed by atoms with Crippen molar-refractivity contribution in [1.29, 1.82) is 0 Å². The normalized spacial score (nSPS) is 9.25. The Bertz CT molecular complexity index is 220. The van der Waals surface area contributed by atoms with Gasteiger partial charge in [-0.05, 0) is 26.0 Å². The van der Waals surface area contributed by atoms with Crippen molar-refractivity contribution in [3.63, 3.8) is 0 Å². The van der Waals surface area contributed by atoms with Gasteiger partial charge in [-0.2, -0.15) is 0 Å². The van der Waals surface area contributed by atoms with Crippen molar-refractivity contribution in [2.24, 2.45) is 0 Å². The van der Waals surface area contributed by atoms with Crippen LogP contribution in [-0.2, 0) is 0 Å². The summed E-state index contributed by atoms with van der Waals surface area (Å²) in [5, 5.41) is 3.17. The molecule has 12 heavy (non-hydrogen) atoms. The van der Waals surface area contributed by atoms with Crippen molar-refractivity contribution in [2.45, 2.75) is 19.9 Å². The van der Waals surface area contributed by atoms with Crippen molar-refractivity contribution >= 4 is 23.9 Å². The molecule has 0 amide bonds. The molecule has 3 N–H and O–H groups in total. The quantitative estimate of drug-likeness (QED) is 0.744. The molecular weight excluding hydrogens is 174 g/mol. The van der Waals surface area contributed by atoms with E-state index in [1.807, 2.05) is 12.1 Å². The zero-order valence-corrected chi connectivity index (χ0v) is 8.06. The predicted molar refractivity (Wildman–Crippen MR) is 54.7 cm³/mol. The SMILES string of the molecule is CC(C)Nc1ccc(N)cn1.Cl. The smallest absolute Gasteiger partial charge is 0.126 e. The van der Waals surface area contributed by atoms with E-state index in [1.165, 1.54) is 0 Å². The Hall–Kier alpha value is -0.960. The van der Waals surface area contributed by atoms with E-state index in [2.05, 4.69) is 24.1 Å². The summed E-state index contributed by atoms with van der Waals surface area (Å²) in [6, 6.07) is 4.11. The number of pyridine rings is 1.